The predicted octanol–water partition coefficient (Wildman–Crippen LogP) is 1.34. The fraction of sp³-hybridized carbons (Fsp3) is 0.533. The van der Waals surface area contributed by atoms with Crippen molar-refractivity contribution < 1.29 is 14.3 Å². The molecule has 0 aromatic heterocycles. The Morgan fingerprint density at radius 1 is 1.29 bits per heavy atom. The molecule has 6 heteroatoms. The number of fused-ring (bicyclic) bond motifs is 1. The highest BCUT2D eigenvalue weighted by Crippen LogP contribution is 2.36. The number of halogens is 1. The lowest BCUT2D eigenvalue weighted by atomic mass is 10.1. The van der Waals surface area contributed by atoms with Crippen LogP contribution >= 0.6 is 0 Å². The second-order valence-corrected chi connectivity index (χ2v) is 5.90. The number of amides is 1. The lowest BCUT2D eigenvalue weighted by Gasteiger charge is -2.38. The van der Waals surface area contributed by atoms with E-state index < -0.39 is 12.0 Å². The molecule has 2 aliphatic heterocycles. The molecule has 2 aliphatic rings. The fourth-order valence-corrected chi connectivity index (χ4v) is 2.98. The molecule has 1 aromatic carbocycles. The van der Waals surface area contributed by atoms with Crippen LogP contribution in [-0.4, -0.2) is 48.1 Å². The second-order valence-electron chi connectivity index (χ2n) is 5.90. The van der Waals surface area contributed by atoms with Crippen LogP contribution in [0.5, 0.6) is 0 Å². The summed E-state index contributed by atoms with van der Waals surface area (Å²) < 4.78 is 14.3. The summed E-state index contributed by atoms with van der Waals surface area (Å²) in [4.78, 5) is 15.8. The normalized spacial score (nSPS) is 22.6. The topological polar surface area (TPSA) is 55.8 Å². The summed E-state index contributed by atoms with van der Waals surface area (Å²) in [6.07, 6.45) is -1.26. The van der Waals surface area contributed by atoms with Gasteiger partial charge in [0, 0.05) is 43.5 Å². The Bertz CT molecular complexity index is 568. The molecule has 0 saturated carbocycles. The molecule has 0 radical (unpaired) electrons. The van der Waals surface area contributed by atoms with Crippen molar-refractivity contribution >= 4 is 17.3 Å². The summed E-state index contributed by atoms with van der Waals surface area (Å²) in [6.45, 7) is 7.60. The number of carbonyl (C=O) groups is 1. The van der Waals surface area contributed by atoms with Gasteiger partial charge in [0.2, 0.25) is 0 Å². The van der Waals surface area contributed by atoms with Gasteiger partial charge in [-0.1, -0.05) is 0 Å². The van der Waals surface area contributed by atoms with Crippen molar-refractivity contribution in [2.24, 2.45) is 0 Å². The Morgan fingerprint density at radius 3 is 2.57 bits per heavy atom. The molecule has 3 rings (SSSR count). The molecule has 0 spiro atoms. The number of hydrogen-bond donors (Lipinski definition) is 2. The van der Waals surface area contributed by atoms with Crippen LogP contribution in [0.25, 0.3) is 0 Å². The van der Waals surface area contributed by atoms with Crippen molar-refractivity contribution in [3.63, 3.8) is 0 Å². The number of nitrogens with zero attached hydrogens (tertiary/aromatic N) is 2. The van der Waals surface area contributed by atoms with E-state index in [2.05, 4.69) is 24.1 Å². The highest BCUT2D eigenvalue weighted by molar-refractivity contribution is 6.02. The van der Waals surface area contributed by atoms with Crippen LogP contribution in [0, 0.1) is 5.82 Å². The van der Waals surface area contributed by atoms with E-state index in [1.54, 1.807) is 6.07 Å². The van der Waals surface area contributed by atoms with Gasteiger partial charge in [0.25, 0.3) is 5.91 Å². The van der Waals surface area contributed by atoms with Crippen molar-refractivity contribution in [1.29, 1.82) is 0 Å². The van der Waals surface area contributed by atoms with Crippen molar-refractivity contribution in [3.05, 3.63) is 23.5 Å². The van der Waals surface area contributed by atoms with Crippen LogP contribution < -0.4 is 10.2 Å². The smallest absolute Gasteiger partial charge is 0.257 e. The van der Waals surface area contributed by atoms with E-state index in [1.807, 2.05) is 4.90 Å². The molecule has 5 nitrogen and oxygen atoms in total. The zero-order valence-corrected chi connectivity index (χ0v) is 12.3. The quantitative estimate of drug-likeness (QED) is 0.864. The summed E-state index contributed by atoms with van der Waals surface area (Å²) in [5, 5.41) is 12.3. The Kier molecular flexibility index (Phi) is 3.59. The molecule has 0 bridgehead atoms. The SMILES string of the molecule is CC(C)N1CCN(c2cc3c(cc2F)C(O)C(=O)N3)CC1. The summed E-state index contributed by atoms with van der Waals surface area (Å²) >= 11 is 0. The largest absolute Gasteiger partial charge is 0.378 e. The number of benzene rings is 1. The van der Waals surface area contributed by atoms with E-state index in [1.165, 1.54) is 6.07 Å². The predicted molar refractivity (Wildman–Crippen MR) is 78.9 cm³/mol. The molecule has 1 amide bonds. The minimum absolute atomic E-state index is 0.321. The fourth-order valence-electron chi connectivity index (χ4n) is 2.98. The average molecular weight is 293 g/mol. The summed E-state index contributed by atoms with van der Waals surface area (Å²) in [6, 6.07) is 3.39. The second kappa shape index (κ2) is 5.27. The van der Waals surface area contributed by atoms with E-state index in [0.717, 1.165) is 26.2 Å². The minimum atomic E-state index is -1.26. The first-order valence-corrected chi connectivity index (χ1v) is 7.28. The number of nitrogens with one attached hydrogen (secondary N) is 1. The average Bonchev–Trinajstić information content (AvgIpc) is 2.73. The maximum absolute atomic E-state index is 14.3. The van der Waals surface area contributed by atoms with Crippen LogP contribution in [0.4, 0.5) is 15.8 Å². The number of rotatable bonds is 2. The number of anilines is 2. The van der Waals surface area contributed by atoms with Crippen molar-refractivity contribution in [2.75, 3.05) is 36.4 Å². The monoisotopic (exact) mass is 293 g/mol. The van der Waals surface area contributed by atoms with E-state index >= 15 is 0 Å². The van der Waals surface area contributed by atoms with Crippen molar-refractivity contribution in [2.45, 2.75) is 26.0 Å². The van der Waals surface area contributed by atoms with Gasteiger partial charge in [0.1, 0.15) is 5.82 Å². The molecule has 1 atom stereocenters. The van der Waals surface area contributed by atoms with Crippen LogP contribution in [0.15, 0.2) is 12.1 Å². The molecule has 1 saturated heterocycles. The van der Waals surface area contributed by atoms with Gasteiger partial charge in [-0.3, -0.25) is 9.69 Å². The molecule has 114 valence electrons. The van der Waals surface area contributed by atoms with Crippen molar-refractivity contribution in [1.82, 2.24) is 4.90 Å². The van der Waals surface area contributed by atoms with Crippen LogP contribution in [0.3, 0.4) is 0 Å². The summed E-state index contributed by atoms with van der Waals surface area (Å²) in [5.74, 6) is -0.881. The number of aliphatic hydroxyl groups excluding tert-OH is 1. The summed E-state index contributed by atoms with van der Waals surface area (Å²) in [5.41, 5.74) is 1.32. The highest BCUT2D eigenvalue weighted by atomic mass is 19.1. The van der Waals surface area contributed by atoms with Gasteiger partial charge < -0.3 is 15.3 Å². The van der Waals surface area contributed by atoms with Gasteiger partial charge in [0.05, 0.1) is 5.69 Å². The van der Waals surface area contributed by atoms with Crippen LogP contribution in [-0.2, 0) is 4.79 Å². The standard InChI is InChI=1S/C15H20FN3O2/c1-9(2)18-3-5-19(6-4-18)13-8-12-10(7-11(13)16)14(20)15(21)17-12/h7-9,14,20H,3-6H2,1-2H3,(H,17,21). The first kappa shape index (κ1) is 14.3. The third-order valence-corrected chi connectivity index (χ3v) is 4.31. The first-order chi connectivity index (χ1) is 9.97. The number of carbonyl (C=O) groups excluding carboxylic acids is 1. The van der Waals surface area contributed by atoms with Crippen LogP contribution in [0.2, 0.25) is 0 Å². The summed E-state index contributed by atoms with van der Waals surface area (Å²) in [7, 11) is 0. The maximum Gasteiger partial charge on any atom is 0.257 e. The van der Waals surface area contributed by atoms with Crippen molar-refractivity contribution in [3.8, 4) is 0 Å². The van der Waals surface area contributed by atoms with Gasteiger partial charge in [0.15, 0.2) is 6.10 Å². The maximum atomic E-state index is 14.3. The molecule has 2 N–H and O–H groups in total. The third-order valence-electron chi connectivity index (χ3n) is 4.31. The Labute approximate surface area is 123 Å². The number of piperazine rings is 1. The Morgan fingerprint density at radius 2 is 1.95 bits per heavy atom. The molecular weight excluding hydrogens is 273 g/mol. The van der Waals surface area contributed by atoms with Gasteiger partial charge in [-0.25, -0.2) is 4.39 Å². The molecule has 1 aromatic rings. The van der Waals surface area contributed by atoms with E-state index in [9.17, 15) is 14.3 Å². The lowest BCUT2D eigenvalue weighted by Crippen LogP contribution is -2.49. The molecule has 2 heterocycles. The molecular formula is C15H20FN3O2. The number of aliphatic hydroxyl groups is 1. The molecule has 1 fully saturated rings. The van der Waals surface area contributed by atoms with Gasteiger partial charge in [-0.15, -0.1) is 0 Å². The highest BCUT2D eigenvalue weighted by Gasteiger charge is 2.31. The third kappa shape index (κ3) is 2.49. The Balaban J connectivity index is 1.82. The first-order valence-electron chi connectivity index (χ1n) is 7.28. The zero-order valence-electron chi connectivity index (χ0n) is 12.3. The Hall–Kier alpha value is -1.66. The molecule has 21 heavy (non-hydrogen) atoms. The zero-order chi connectivity index (χ0) is 15.1. The van der Waals surface area contributed by atoms with Gasteiger partial charge in [-0.2, -0.15) is 0 Å². The molecule has 0 aliphatic carbocycles. The minimum Gasteiger partial charge on any atom is -0.378 e. The van der Waals surface area contributed by atoms with E-state index in [-0.39, 0.29) is 5.82 Å². The van der Waals surface area contributed by atoms with Gasteiger partial charge >= 0.3 is 0 Å². The van der Waals surface area contributed by atoms with Gasteiger partial charge in [-0.05, 0) is 26.0 Å². The molecule has 1 unspecified atom stereocenters. The van der Waals surface area contributed by atoms with Crippen LogP contribution in [0.1, 0.15) is 25.5 Å². The number of hydrogen-bond acceptors (Lipinski definition) is 4. The van der Waals surface area contributed by atoms with E-state index in [0.29, 0.717) is 23.0 Å². The van der Waals surface area contributed by atoms with E-state index in [4.69, 9.17) is 0 Å². The lowest BCUT2D eigenvalue weighted by molar-refractivity contribution is -0.123.